The molecule has 0 bridgehead atoms. The Kier molecular flexibility index (Phi) is 3.54. The Morgan fingerprint density at radius 3 is 2.95 bits per heavy atom. The van der Waals surface area contributed by atoms with Crippen LogP contribution in [0.15, 0.2) is 12.1 Å². The maximum absolute atomic E-state index is 5.85. The van der Waals surface area contributed by atoms with Crippen LogP contribution in [0.3, 0.4) is 0 Å². The lowest BCUT2D eigenvalue weighted by Gasteiger charge is -2.30. The number of aromatic nitrogens is 5. The summed E-state index contributed by atoms with van der Waals surface area (Å²) >= 11 is 0. The average Bonchev–Trinajstić information content (AvgIpc) is 2.93. The second-order valence-corrected chi connectivity index (χ2v) is 5.17. The summed E-state index contributed by atoms with van der Waals surface area (Å²) in [5.41, 5.74) is 6.50. The largest absolute Gasteiger partial charge is 0.368 e. The van der Waals surface area contributed by atoms with Crippen LogP contribution in [0.4, 0.5) is 5.82 Å². The van der Waals surface area contributed by atoms with Crippen molar-refractivity contribution in [3.63, 3.8) is 0 Å². The average molecular weight is 261 g/mol. The monoisotopic (exact) mass is 261 g/mol. The van der Waals surface area contributed by atoms with Crippen LogP contribution in [0, 0.1) is 11.8 Å². The van der Waals surface area contributed by atoms with Crippen LogP contribution in [0.25, 0.3) is 5.65 Å². The number of nitrogens with two attached hydrogens (primary N) is 1. The van der Waals surface area contributed by atoms with Crippen molar-refractivity contribution in [3.8, 4) is 0 Å². The molecule has 19 heavy (non-hydrogen) atoms. The zero-order chi connectivity index (χ0) is 13.1. The number of nitrogens with one attached hydrogen (secondary N) is 1. The van der Waals surface area contributed by atoms with Gasteiger partial charge in [-0.1, -0.05) is 12.8 Å². The third-order valence-electron chi connectivity index (χ3n) is 3.98. The van der Waals surface area contributed by atoms with Crippen molar-refractivity contribution >= 4 is 11.5 Å². The van der Waals surface area contributed by atoms with Crippen LogP contribution >= 0.6 is 0 Å². The molecule has 7 nitrogen and oxygen atoms in total. The summed E-state index contributed by atoms with van der Waals surface area (Å²) in [6.07, 6.45) is 5.12. The van der Waals surface area contributed by atoms with Gasteiger partial charge in [-0.15, -0.1) is 14.8 Å². The molecule has 3 rings (SSSR count). The molecule has 0 aliphatic heterocycles. The molecule has 0 aromatic carbocycles. The summed E-state index contributed by atoms with van der Waals surface area (Å²) in [7, 11) is 0. The van der Waals surface area contributed by atoms with Gasteiger partial charge in [-0.3, -0.25) is 0 Å². The first kappa shape index (κ1) is 12.3. The molecule has 1 fully saturated rings. The molecule has 2 aromatic heterocycles. The number of nitrogens with zero attached hydrogens (tertiary/aromatic N) is 5. The highest BCUT2D eigenvalue weighted by Crippen LogP contribution is 2.29. The minimum atomic E-state index is 0.637. The summed E-state index contributed by atoms with van der Waals surface area (Å²) < 4.78 is 1.43. The fraction of sp³-hybridized carbons (Fsp3) is 0.667. The molecule has 1 aliphatic carbocycles. The van der Waals surface area contributed by atoms with E-state index in [9.17, 15) is 0 Å². The van der Waals surface area contributed by atoms with Gasteiger partial charge in [0.1, 0.15) is 5.82 Å². The minimum Gasteiger partial charge on any atom is -0.368 e. The van der Waals surface area contributed by atoms with E-state index >= 15 is 0 Å². The Balaban J connectivity index is 1.64. The summed E-state index contributed by atoms with van der Waals surface area (Å²) in [5.74, 6) is 2.09. The van der Waals surface area contributed by atoms with Gasteiger partial charge in [0.25, 0.3) is 0 Å². The van der Waals surface area contributed by atoms with Gasteiger partial charge in [0.15, 0.2) is 5.65 Å². The van der Waals surface area contributed by atoms with Gasteiger partial charge >= 0.3 is 0 Å². The van der Waals surface area contributed by atoms with Crippen LogP contribution in [-0.2, 0) is 0 Å². The first-order chi connectivity index (χ1) is 9.36. The molecule has 1 aliphatic rings. The molecule has 2 atom stereocenters. The second kappa shape index (κ2) is 5.48. The Labute approximate surface area is 111 Å². The maximum Gasteiger partial charge on any atom is 0.200 e. The van der Waals surface area contributed by atoms with E-state index in [0.29, 0.717) is 17.5 Å². The number of rotatable bonds is 4. The van der Waals surface area contributed by atoms with Crippen LogP contribution in [-0.4, -0.2) is 38.3 Å². The Morgan fingerprint density at radius 1 is 1.26 bits per heavy atom. The van der Waals surface area contributed by atoms with Crippen LogP contribution in [0.2, 0.25) is 0 Å². The zero-order valence-corrected chi connectivity index (χ0v) is 10.9. The highest BCUT2D eigenvalue weighted by atomic mass is 15.6. The van der Waals surface area contributed by atoms with Gasteiger partial charge < -0.3 is 11.1 Å². The molecule has 102 valence electrons. The van der Waals surface area contributed by atoms with E-state index in [2.05, 4.69) is 25.9 Å². The highest BCUT2D eigenvalue weighted by molar-refractivity contribution is 5.42. The van der Waals surface area contributed by atoms with Crippen LogP contribution in [0.1, 0.15) is 25.7 Å². The number of hydrogen-bond acceptors (Lipinski definition) is 6. The highest BCUT2D eigenvalue weighted by Gasteiger charge is 2.23. The Hall–Kier alpha value is -1.76. The van der Waals surface area contributed by atoms with Crippen LogP contribution < -0.4 is 11.1 Å². The van der Waals surface area contributed by atoms with E-state index in [1.54, 1.807) is 0 Å². The number of anilines is 1. The van der Waals surface area contributed by atoms with Crippen molar-refractivity contribution in [3.05, 3.63) is 12.1 Å². The molecule has 0 radical (unpaired) electrons. The van der Waals surface area contributed by atoms with Gasteiger partial charge in [-0.05, 0) is 53.8 Å². The number of fused-ring (bicyclic) bond motifs is 1. The molecule has 2 aromatic rings. The van der Waals surface area contributed by atoms with Gasteiger partial charge in [-0.25, -0.2) is 0 Å². The van der Waals surface area contributed by atoms with Gasteiger partial charge in [0, 0.05) is 6.54 Å². The summed E-state index contributed by atoms with van der Waals surface area (Å²) in [6.45, 7) is 1.70. The predicted molar refractivity (Wildman–Crippen MR) is 71.6 cm³/mol. The third-order valence-corrected chi connectivity index (χ3v) is 3.98. The lowest BCUT2D eigenvalue weighted by Crippen LogP contribution is -2.31. The summed E-state index contributed by atoms with van der Waals surface area (Å²) in [5, 5.41) is 18.9. The van der Waals surface area contributed by atoms with Gasteiger partial charge in [-0.2, -0.15) is 0 Å². The molecule has 0 amide bonds. The first-order valence-electron chi connectivity index (χ1n) is 6.86. The predicted octanol–water partition coefficient (Wildman–Crippen LogP) is 0.696. The smallest absolute Gasteiger partial charge is 0.200 e. The number of hydrogen-bond donors (Lipinski definition) is 2. The fourth-order valence-electron chi connectivity index (χ4n) is 2.84. The molecule has 2 unspecified atom stereocenters. The normalized spacial score (nSPS) is 23.6. The quantitative estimate of drug-likeness (QED) is 0.841. The van der Waals surface area contributed by atoms with E-state index in [0.717, 1.165) is 18.9 Å². The molecule has 7 heteroatoms. The van der Waals surface area contributed by atoms with Crippen molar-refractivity contribution in [2.75, 3.05) is 18.4 Å². The Morgan fingerprint density at radius 2 is 2.11 bits per heavy atom. The molecule has 0 spiro atoms. The van der Waals surface area contributed by atoms with Crippen molar-refractivity contribution in [2.24, 2.45) is 17.6 Å². The third kappa shape index (κ3) is 2.65. The van der Waals surface area contributed by atoms with E-state index in [-0.39, 0.29) is 0 Å². The number of tetrazole rings is 1. The summed E-state index contributed by atoms with van der Waals surface area (Å²) in [4.78, 5) is 0. The van der Waals surface area contributed by atoms with E-state index < -0.39 is 0 Å². The molecule has 1 saturated carbocycles. The Bertz CT molecular complexity index is 538. The van der Waals surface area contributed by atoms with Crippen molar-refractivity contribution in [2.45, 2.75) is 25.7 Å². The first-order valence-corrected chi connectivity index (χ1v) is 6.86. The van der Waals surface area contributed by atoms with E-state index in [1.165, 1.54) is 30.3 Å². The van der Waals surface area contributed by atoms with Crippen molar-refractivity contribution < 1.29 is 0 Å². The SMILES string of the molecule is NCC1CCCCC1CNc1ccc2nnnn2n1. The minimum absolute atomic E-state index is 0.637. The molecule has 3 N–H and O–H groups in total. The lowest BCUT2D eigenvalue weighted by atomic mass is 9.79. The molecular weight excluding hydrogens is 242 g/mol. The standard InChI is InChI=1S/C12H19N7/c13-7-9-3-1-2-4-10(9)8-14-11-5-6-12-15-17-18-19(12)16-11/h5-6,9-10H,1-4,7-8,13H2,(H,14,16). The summed E-state index contributed by atoms with van der Waals surface area (Å²) in [6, 6.07) is 3.77. The molecular formula is C12H19N7. The molecule has 0 saturated heterocycles. The topological polar surface area (TPSA) is 94.0 Å². The molecule has 2 heterocycles. The van der Waals surface area contributed by atoms with E-state index in [1.807, 2.05) is 12.1 Å². The fourth-order valence-corrected chi connectivity index (χ4v) is 2.84. The van der Waals surface area contributed by atoms with Gasteiger partial charge in [0.05, 0.1) is 0 Å². The second-order valence-electron chi connectivity index (χ2n) is 5.17. The van der Waals surface area contributed by atoms with Gasteiger partial charge in [0.2, 0.25) is 0 Å². The van der Waals surface area contributed by atoms with Crippen molar-refractivity contribution in [1.82, 2.24) is 25.3 Å². The maximum atomic E-state index is 5.85. The van der Waals surface area contributed by atoms with E-state index in [4.69, 9.17) is 5.73 Å². The zero-order valence-electron chi connectivity index (χ0n) is 10.9. The van der Waals surface area contributed by atoms with Crippen molar-refractivity contribution in [1.29, 1.82) is 0 Å². The lowest BCUT2D eigenvalue weighted by molar-refractivity contribution is 0.255. The van der Waals surface area contributed by atoms with Crippen LogP contribution in [0.5, 0.6) is 0 Å².